The van der Waals surface area contributed by atoms with Gasteiger partial charge < -0.3 is 4.43 Å². The molecule has 0 amide bonds. The molecule has 0 N–H and O–H groups in total. The molecule has 0 fully saturated rings. The summed E-state index contributed by atoms with van der Waals surface area (Å²) < 4.78 is 6.82. The van der Waals surface area contributed by atoms with Crippen molar-refractivity contribution in [1.29, 1.82) is 0 Å². The molecule has 0 spiro atoms. The number of hydrogen-bond acceptors (Lipinski definition) is 2. The largest absolute Gasteiger partial charge is 0.407 e. The molecule has 0 heterocycles. The third-order valence-corrected chi connectivity index (χ3v) is 10.8. The molecule has 0 saturated heterocycles. The SMILES string of the molecule is CC[Si](CC)(CC)O[C@@]1(C)C=CC(=O)[C@@H](C)[C@H]1C#C[Si](C)(C)C. The maximum atomic E-state index is 12.2. The Bertz CT molecular complexity index is 509. The molecule has 0 saturated carbocycles. The normalized spacial score (nSPS) is 28.4. The Morgan fingerprint density at radius 3 is 2.13 bits per heavy atom. The van der Waals surface area contributed by atoms with E-state index < -0.39 is 22.0 Å². The highest BCUT2D eigenvalue weighted by atomic mass is 28.4. The fraction of sp³-hybridized carbons (Fsp3) is 0.737. The van der Waals surface area contributed by atoms with Gasteiger partial charge in [0.1, 0.15) is 8.07 Å². The van der Waals surface area contributed by atoms with Crippen LogP contribution in [0.5, 0.6) is 0 Å². The summed E-state index contributed by atoms with van der Waals surface area (Å²) in [5.74, 6) is 3.51. The first kappa shape index (κ1) is 20.4. The van der Waals surface area contributed by atoms with E-state index in [2.05, 4.69) is 58.8 Å². The average Bonchev–Trinajstić information content (AvgIpc) is 2.48. The first-order valence-electron chi connectivity index (χ1n) is 8.98. The van der Waals surface area contributed by atoms with Crippen molar-refractivity contribution < 1.29 is 9.22 Å². The van der Waals surface area contributed by atoms with Crippen LogP contribution in [0.4, 0.5) is 0 Å². The van der Waals surface area contributed by atoms with E-state index in [1.807, 2.05) is 13.0 Å². The molecule has 0 radical (unpaired) electrons. The monoisotopic (exact) mass is 350 g/mol. The van der Waals surface area contributed by atoms with Crippen molar-refractivity contribution in [2.75, 3.05) is 0 Å². The summed E-state index contributed by atoms with van der Waals surface area (Å²) in [5.41, 5.74) is 3.04. The lowest BCUT2D eigenvalue weighted by Gasteiger charge is -2.44. The van der Waals surface area contributed by atoms with Crippen molar-refractivity contribution in [1.82, 2.24) is 0 Å². The van der Waals surface area contributed by atoms with Crippen LogP contribution in [-0.4, -0.2) is 27.8 Å². The van der Waals surface area contributed by atoms with Crippen molar-refractivity contribution in [2.24, 2.45) is 11.8 Å². The minimum Gasteiger partial charge on any atom is -0.407 e. The van der Waals surface area contributed by atoms with Gasteiger partial charge in [-0.25, -0.2) is 0 Å². The van der Waals surface area contributed by atoms with Gasteiger partial charge in [-0.15, -0.1) is 11.5 Å². The van der Waals surface area contributed by atoms with Gasteiger partial charge in [0, 0.05) is 5.92 Å². The van der Waals surface area contributed by atoms with Crippen LogP contribution in [0.1, 0.15) is 34.6 Å². The van der Waals surface area contributed by atoms with E-state index in [0.717, 1.165) is 18.1 Å². The second-order valence-corrected chi connectivity index (χ2v) is 17.5. The highest BCUT2D eigenvalue weighted by Crippen LogP contribution is 2.39. The van der Waals surface area contributed by atoms with Gasteiger partial charge in [0.05, 0.1) is 11.5 Å². The summed E-state index contributed by atoms with van der Waals surface area (Å²) in [6, 6.07) is 3.33. The maximum Gasteiger partial charge on any atom is 0.193 e. The molecule has 130 valence electrons. The summed E-state index contributed by atoms with van der Waals surface area (Å²) in [6.07, 6.45) is 3.71. The Labute approximate surface area is 145 Å². The van der Waals surface area contributed by atoms with E-state index in [-0.39, 0.29) is 17.6 Å². The molecule has 0 unspecified atom stereocenters. The number of rotatable bonds is 5. The van der Waals surface area contributed by atoms with E-state index in [9.17, 15) is 4.79 Å². The van der Waals surface area contributed by atoms with E-state index in [1.165, 1.54) is 0 Å². The fourth-order valence-electron chi connectivity index (χ4n) is 3.26. The Hall–Kier alpha value is -0.636. The number of ketones is 1. The molecule has 0 aromatic rings. The zero-order valence-electron chi connectivity index (χ0n) is 16.2. The highest BCUT2D eigenvalue weighted by Gasteiger charge is 2.46. The van der Waals surface area contributed by atoms with E-state index in [1.54, 1.807) is 6.08 Å². The Morgan fingerprint density at radius 2 is 1.70 bits per heavy atom. The first-order chi connectivity index (χ1) is 10.5. The molecule has 1 rings (SSSR count). The number of carbonyl (C=O) groups is 1. The lowest BCUT2D eigenvalue weighted by molar-refractivity contribution is -0.121. The van der Waals surface area contributed by atoms with Crippen LogP contribution in [0, 0.1) is 23.3 Å². The summed E-state index contributed by atoms with van der Waals surface area (Å²) in [4.78, 5) is 12.2. The standard InChI is InChI=1S/C19H34O2Si2/c1-9-23(10-2,11-3)21-19(5)14-12-18(20)16(4)17(19)13-15-22(6,7)8/h12,14,16-17H,9-11H2,1-8H3/t16-,17+,19-/m0/s1. The summed E-state index contributed by atoms with van der Waals surface area (Å²) >= 11 is 0. The van der Waals surface area contributed by atoms with Crippen LogP contribution < -0.4 is 0 Å². The Morgan fingerprint density at radius 1 is 1.17 bits per heavy atom. The smallest absolute Gasteiger partial charge is 0.193 e. The zero-order chi connectivity index (χ0) is 17.9. The van der Waals surface area contributed by atoms with Crippen LogP contribution in [0.25, 0.3) is 0 Å². The van der Waals surface area contributed by atoms with Crippen LogP contribution in [0.2, 0.25) is 37.8 Å². The topological polar surface area (TPSA) is 26.3 Å². The van der Waals surface area contributed by atoms with Gasteiger partial charge in [0.15, 0.2) is 14.1 Å². The van der Waals surface area contributed by atoms with Gasteiger partial charge in [-0.1, -0.05) is 47.3 Å². The minimum atomic E-state index is -1.76. The van der Waals surface area contributed by atoms with Crippen molar-refractivity contribution in [3.63, 3.8) is 0 Å². The highest BCUT2D eigenvalue weighted by molar-refractivity contribution is 6.83. The molecule has 1 aliphatic rings. The van der Waals surface area contributed by atoms with Crippen molar-refractivity contribution in [3.8, 4) is 11.5 Å². The second kappa shape index (κ2) is 7.50. The quantitative estimate of drug-likeness (QED) is 0.513. The number of carbonyl (C=O) groups excluding carboxylic acids is 1. The van der Waals surface area contributed by atoms with E-state index in [0.29, 0.717) is 0 Å². The molecule has 0 aromatic carbocycles. The van der Waals surface area contributed by atoms with Gasteiger partial charge in [-0.3, -0.25) is 4.79 Å². The predicted molar refractivity (Wildman–Crippen MR) is 105 cm³/mol. The summed E-state index contributed by atoms with van der Waals surface area (Å²) in [5, 5.41) is 0. The summed E-state index contributed by atoms with van der Waals surface area (Å²) in [7, 11) is -3.24. The van der Waals surface area contributed by atoms with Gasteiger partial charge in [-0.05, 0) is 37.2 Å². The fourth-order valence-corrected chi connectivity index (χ4v) is 6.91. The lowest BCUT2D eigenvalue weighted by Crippen LogP contribution is -2.52. The molecule has 3 atom stereocenters. The Kier molecular flexibility index (Phi) is 6.66. The Balaban J connectivity index is 3.28. The van der Waals surface area contributed by atoms with Crippen LogP contribution in [0.15, 0.2) is 12.2 Å². The van der Waals surface area contributed by atoms with E-state index >= 15 is 0 Å². The van der Waals surface area contributed by atoms with E-state index in [4.69, 9.17) is 4.43 Å². The molecule has 23 heavy (non-hydrogen) atoms. The van der Waals surface area contributed by atoms with Gasteiger partial charge in [0.25, 0.3) is 0 Å². The second-order valence-electron chi connectivity index (χ2n) is 8.05. The molecular weight excluding hydrogens is 316 g/mol. The van der Waals surface area contributed by atoms with Gasteiger partial charge in [-0.2, -0.15) is 0 Å². The van der Waals surface area contributed by atoms with Crippen LogP contribution >= 0.6 is 0 Å². The number of allylic oxidation sites excluding steroid dienone is 1. The molecule has 0 aliphatic heterocycles. The van der Waals surface area contributed by atoms with Crippen molar-refractivity contribution in [3.05, 3.63) is 12.2 Å². The molecular formula is C19H34O2Si2. The van der Waals surface area contributed by atoms with Gasteiger partial charge in [0.2, 0.25) is 0 Å². The lowest BCUT2D eigenvalue weighted by atomic mass is 9.74. The maximum absolute atomic E-state index is 12.2. The summed E-state index contributed by atoms with van der Waals surface area (Å²) in [6.45, 7) is 17.6. The zero-order valence-corrected chi connectivity index (χ0v) is 18.2. The molecule has 2 nitrogen and oxygen atoms in total. The third kappa shape index (κ3) is 4.92. The first-order valence-corrected chi connectivity index (χ1v) is 15.0. The van der Waals surface area contributed by atoms with Crippen molar-refractivity contribution >= 4 is 22.2 Å². The molecule has 0 bridgehead atoms. The third-order valence-electron chi connectivity index (χ3n) is 5.12. The van der Waals surface area contributed by atoms with Crippen LogP contribution in [0.3, 0.4) is 0 Å². The van der Waals surface area contributed by atoms with Crippen LogP contribution in [-0.2, 0) is 9.22 Å². The predicted octanol–water partition coefficient (Wildman–Crippen LogP) is 5.04. The van der Waals surface area contributed by atoms with Crippen molar-refractivity contribution in [2.45, 2.75) is 78.0 Å². The average molecular weight is 351 g/mol. The minimum absolute atomic E-state index is 0.0387. The number of hydrogen-bond donors (Lipinski definition) is 0. The molecule has 1 aliphatic carbocycles. The molecule has 0 aromatic heterocycles. The molecule has 4 heteroatoms. The van der Waals surface area contributed by atoms with Gasteiger partial charge >= 0.3 is 0 Å².